The lowest BCUT2D eigenvalue weighted by molar-refractivity contribution is 0.290. The third-order valence-corrected chi connectivity index (χ3v) is 7.90. The van der Waals surface area contributed by atoms with Gasteiger partial charge in [0.2, 0.25) is 0 Å². The van der Waals surface area contributed by atoms with E-state index in [0.29, 0.717) is 13.2 Å². The Bertz CT molecular complexity index is 1510. The minimum absolute atomic E-state index is 0.107. The third-order valence-electron chi connectivity index (χ3n) is 7.90. The minimum Gasteiger partial charge on any atom is -0.492 e. The summed E-state index contributed by atoms with van der Waals surface area (Å²) < 4.78 is 12.5. The van der Waals surface area contributed by atoms with Crippen LogP contribution < -0.4 is 14.4 Å². The van der Waals surface area contributed by atoms with Crippen molar-refractivity contribution in [2.45, 2.75) is 18.1 Å². The molecule has 0 N–H and O–H groups in total. The Kier molecular flexibility index (Phi) is 5.62. The average Bonchev–Trinajstić information content (AvgIpc) is 3.52. The quantitative estimate of drug-likeness (QED) is 0.243. The number of nitrogens with zero attached hydrogens (tertiary/aromatic N) is 1. The lowest BCUT2D eigenvalue weighted by atomic mass is 9.78. The van der Waals surface area contributed by atoms with Gasteiger partial charge in [0.25, 0.3) is 0 Å². The molecule has 0 radical (unpaired) electrons. The van der Waals surface area contributed by atoms with Crippen LogP contribution in [-0.4, -0.2) is 13.2 Å². The predicted molar refractivity (Wildman–Crippen MR) is 152 cm³/mol. The Balaban J connectivity index is 1.27. The second-order valence-corrected chi connectivity index (χ2v) is 10.2. The van der Waals surface area contributed by atoms with Gasteiger partial charge in [-0.15, -0.1) is 0 Å². The summed E-state index contributed by atoms with van der Waals surface area (Å²) in [6, 6.07) is 47.2. The van der Waals surface area contributed by atoms with E-state index in [2.05, 4.69) is 120 Å². The number of hydrogen-bond acceptors (Lipinski definition) is 3. The fraction of sp³-hybridized carbons (Fsp3) is 0.143. The summed E-state index contributed by atoms with van der Waals surface area (Å²) >= 11 is 0. The molecule has 0 amide bonds. The number of ether oxygens (including phenoxy) is 2. The highest BCUT2D eigenvalue weighted by atomic mass is 16.5. The first-order valence-corrected chi connectivity index (χ1v) is 13.2. The molecule has 3 nitrogen and oxygen atoms in total. The van der Waals surface area contributed by atoms with Crippen molar-refractivity contribution < 1.29 is 9.47 Å². The van der Waals surface area contributed by atoms with E-state index in [-0.39, 0.29) is 11.5 Å². The Morgan fingerprint density at radius 1 is 0.684 bits per heavy atom. The van der Waals surface area contributed by atoms with Gasteiger partial charge in [-0.1, -0.05) is 115 Å². The van der Waals surface area contributed by atoms with Crippen molar-refractivity contribution in [2.75, 3.05) is 18.1 Å². The summed E-state index contributed by atoms with van der Waals surface area (Å²) in [5.41, 5.74) is 7.33. The highest BCUT2D eigenvalue weighted by Gasteiger charge is 2.51. The first-order valence-electron chi connectivity index (χ1n) is 13.2. The molecular weight excluding hydrogens is 466 g/mol. The summed E-state index contributed by atoms with van der Waals surface area (Å²) in [7, 11) is 0. The molecular formula is C35H29NO2. The van der Waals surface area contributed by atoms with Crippen LogP contribution in [-0.2, 0) is 12.0 Å². The molecule has 0 aliphatic carbocycles. The van der Waals surface area contributed by atoms with Gasteiger partial charge in [-0.3, -0.25) is 0 Å². The van der Waals surface area contributed by atoms with E-state index in [1.165, 1.54) is 27.9 Å². The van der Waals surface area contributed by atoms with Crippen molar-refractivity contribution in [3.63, 3.8) is 0 Å². The molecule has 0 saturated carbocycles. The van der Waals surface area contributed by atoms with Crippen LogP contribution in [0.2, 0.25) is 0 Å². The summed E-state index contributed by atoms with van der Waals surface area (Å²) in [5, 5.41) is 0. The van der Waals surface area contributed by atoms with Crippen molar-refractivity contribution in [1.29, 1.82) is 0 Å². The van der Waals surface area contributed by atoms with Crippen LogP contribution in [0.1, 0.15) is 33.9 Å². The minimum atomic E-state index is -0.230. The zero-order valence-corrected chi connectivity index (χ0v) is 21.2. The Morgan fingerprint density at radius 2 is 1.32 bits per heavy atom. The maximum atomic E-state index is 6.42. The maximum absolute atomic E-state index is 6.42. The van der Waals surface area contributed by atoms with Crippen molar-refractivity contribution in [3.05, 3.63) is 161 Å². The van der Waals surface area contributed by atoms with Gasteiger partial charge in [0.15, 0.2) is 0 Å². The molecule has 2 aliphatic heterocycles. The first-order chi connectivity index (χ1) is 18.8. The second-order valence-electron chi connectivity index (χ2n) is 10.2. The zero-order valence-electron chi connectivity index (χ0n) is 21.2. The molecule has 3 heteroatoms. The standard InChI is InChI=1S/C35H29NO2/c1-4-12-26(13-5-1)23-37-29-20-21-31-33(22-29)38-25-35(31)24-36(32-19-11-10-18-30(32)35)34(27-14-6-2-7-15-27)28-16-8-3-9-17-28/h1-22,34H,23-25H2. The second kappa shape index (κ2) is 9.42. The summed E-state index contributed by atoms with van der Waals surface area (Å²) in [6.07, 6.45) is 0. The van der Waals surface area contributed by atoms with Crippen LogP contribution in [0.5, 0.6) is 11.5 Å². The molecule has 7 rings (SSSR count). The molecule has 186 valence electrons. The summed E-state index contributed by atoms with van der Waals surface area (Å²) in [4.78, 5) is 2.57. The number of fused-ring (bicyclic) bond motifs is 4. The van der Waals surface area contributed by atoms with Crippen LogP contribution >= 0.6 is 0 Å². The molecule has 0 saturated heterocycles. The lowest BCUT2D eigenvalue weighted by Crippen LogP contribution is -2.38. The maximum Gasteiger partial charge on any atom is 0.127 e. The van der Waals surface area contributed by atoms with E-state index in [1.807, 2.05) is 18.2 Å². The summed E-state index contributed by atoms with van der Waals surface area (Å²) in [6.45, 7) is 2.00. The van der Waals surface area contributed by atoms with Gasteiger partial charge in [-0.25, -0.2) is 0 Å². The lowest BCUT2D eigenvalue weighted by Gasteiger charge is -2.33. The van der Waals surface area contributed by atoms with E-state index in [4.69, 9.17) is 9.47 Å². The smallest absolute Gasteiger partial charge is 0.127 e. The third kappa shape index (κ3) is 3.83. The largest absolute Gasteiger partial charge is 0.492 e. The predicted octanol–water partition coefficient (Wildman–Crippen LogP) is 7.55. The number of para-hydroxylation sites is 1. The van der Waals surface area contributed by atoms with Crippen LogP contribution in [0.25, 0.3) is 0 Å². The van der Waals surface area contributed by atoms with Crippen molar-refractivity contribution in [2.24, 2.45) is 0 Å². The fourth-order valence-corrected chi connectivity index (χ4v) is 6.12. The molecule has 2 aliphatic rings. The Hall–Kier alpha value is -4.50. The number of rotatable bonds is 6. The first kappa shape index (κ1) is 22.7. The molecule has 0 aromatic heterocycles. The van der Waals surface area contributed by atoms with Crippen LogP contribution in [0.15, 0.2) is 133 Å². The van der Waals surface area contributed by atoms with E-state index >= 15 is 0 Å². The highest BCUT2D eigenvalue weighted by Crippen LogP contribution is 2.54. The summed E-state index contributed by atoms with van der Waals surface area (Å²) in [5.74, 6) is 1.75. The monoisotopic (exact) mass is 495 g/mol. The van der Waals surface area contributed by atoms with E-state index in [1.54, 1.807) is 0 Å². The molecule has 5 aromatic carbocycles. The zero-order chi connectivity index (χ0) is 25.4. The number of hydrogen-bond donors (Lipinski definition) is 0. The molecule has 5 aromatic rings. The molecule has 1 spiro atoms. The molecule has 0 bridgehead atoms. The molecule has 38 heavy (non-hydrogen) atoms. The van der Waals surface area contributed by atoms with Crippen LogP contribution in [0.4, 0.5) is 5.69 Å². The average molecular weight is 496 g/mol. The molecule has 0 fully saturated rings. The normalized spacial score (nSPS) is 17.3. The topological polar surface area (TPSA) is 21.7 Å². The van der Waals surface area contributed by atoms with Gasteiger partial charge in [0, 0.05) is 23.9 Å². The van der Waals surface area contributed by atoms with E-state index in [0.717, 1.165) is 23.6 Å². The Labute approximate surface area is 223 Å². The van der Waals surface area contributed by atoms with Gasteiger partial charge >= 0.3 is 0 Å². The van der Waals surface area contributed by atoms with E-state index in [9.17, 15) is 0 Å². The molecule has 1 atom stereocenters. The SMILES string of the molecule is c1ccc(COc2ccc3c(c2)OCC32CN(C(c3ccccc3)c3ccccc3)c3ccccc32)cc1. The van der Waals surface area contributed by atoms with Gasteiger partial charge in [0.1, 0.15) is 24.7 Å². The van der Waals surface area contributed by atoms with E-state index < -0.39 is 0 Å². The van der Waals surface area contributed by atoms with Crippen LogP contribution in [0, 0.1) is 0 Å². The molecule has 2 heterocycles. The number of benzene rings is 5. The highest BCUT2D eigenvalue weighted by molar-refractivity contribution is 5.71. The van der Waals surface area contributed by atoms with Gasteiger partial charge in [-0.05, 0) is 34.4 Å². The van der Waals surface area contributed by atoms with Crippen LogP contribution in [0.3, 0.4) is 0 Å². The van der Waals surface area contributed by atoms with Gasteiger partial charge in [0.05, 0.1) is 11.5 Å². The fourth-order valence-electron chi connectivity index (χ4n) is 6.12. The Morgan fingerprint density at radius 3 is 2.03 bits per heavy atom. The van der Waals surface area contributed by atoms with Crippen molar-refractivity contribution >= 4 is 5.69 Å². The van der Waals surface area contributed by atoms with Crippen molar-refractivity contribution in [1.82, 2.24) is 0 Å². The number of anilines is 1. The van der Waals surface area contributed by atoms with Crippen molar-refractivity contribution in [3.8, 4) is 11.5 Å². The van der Waals surface area contributed by atoms with Gasteiger partial charge in [-0.2, -0.15) is 0 Å². The molecule has 1 unspecified atom stereocenters. The van der Waals surface area contributed by atoms with Gasteiger partial charge < -0.3 is 14.4 Å².